The first-order chi connectivity index (χ1) is 11.6. The molecule has 0 radical (unpaired) electrons. The minimum atomic E-state index is -0.792. The van der Waals surface area contributed by atoms with Crippen LogP contribution in [0.4, 0.5) is 0 Å². The van der Waals surface area contributed by atoms with Crippen molar-refractivity contribution < 1.29 is 14.6 Å². The molecular formula is C18H19N3O3. The third-order valence-corrected chi connectivity index (χ3v) is 3.80. The standard InChI is InChI=1S/C18H19N3O3/c1-12-7-8-21-11-15(20-17(21)9-12)18(23)19-10-16(22)13-3-5-14(24-2)6-4-13/h3-9,11,16,22H,10H2,1-2H3,(H,19,23)/t16-/m1/s1. The maximum atomic E-state index is 12.2. The number of rotatable bonds is 5. The highest BCUT2D eigenvalue weighted by Gasteiger charge is 2.14. The first-order valence-corrected chi connectivity index (χ1v) is 7.62. The summed E-state index contributed by atoms with van der Waals surface area (Å²) < 4.78 is 6.87. The lowest BCUT2D eigenvalue weighted by Gasteiger charge is -2.12. The van der Waals surface area contributed by atoms with Gasteiger partial charge in [-0.2, -0.15) is 0 Å². The first-order valence-electron chi connectivity index (χ1n) is 7.62. The molecule has 2 N–H and O–H groups in total. The third kappa shape index (κ3) is 3.38. The number of aliphatic hydroxyl groups excluding tert-OH is 1. The van der Waals surface area contributed by atoms with Gasteiger partial charge in [0.2, 0.25) is 0 Å². The summed E-state index contributed by atoms with van der Waals surface area (Å²) in [5.74, 6) is 0.402. The van der Waals surface area contributed by atoms with Crippen molar-refractivity contribution in [1.29, 1.82) is 0 Å². The van der Waals surface area contributed by atoms with Crippen LogP contribution in [0.2, 0.25) is 0 Å². The molecule has 0 saturated heterocycles. The average Bonchev–Trinajstić information content (AvgIpc) is 3.02. The van der Waals surface area contributed by atoms with Crippen LogP contribution in [0.3, 0.4) is 0 Å². The van der Waals surface area contributed by atoms with E-state index >= 15 is 0 Å². The number of benzene rings is 1. The van der Waals surface area contributed by atoms with Gasteiger partial charge in [-0.05, 0) is 42.3 Å². The number of pyridine rings is 1. The number of nitrogens with one attached hydrogen (secondary N) is 1. The fraction of sp³-hybridized carbons (Fsp3) is 0.222. The van der Waals surface area contributed by atoms with Gasteiger partial charge in [0, 0.05) is 18.9 Å². The Morgan fingerprint density at radius 1 is 1.33 bits per heavy atom. The number of imidazole rings is 1. The quantitative estimate of drug-likeness (QED) is 0.753. The normalized spacial score (nSPS) is 12.1. The van der Waals surface area contributed by atoms with Gasteiger partial charge >= 0.3 is 0 Å². The number of fused-ring (bicyclic) bond motifs is 1. The van der Waals surface area contributed by atoms with Gasteiger partial charge < -0.3 is 19.6 Å². The van der Waals surface area contributed by atoms with E-state index in [-0.39, 0.29) is 12.5 Å². The van der Waals surface area contributed by atoms with Gasteiger partial charge in [0.1, 0.15) is 17.1 Å². The molecule has 1 atom stereocenters. The first kappa shape index (κ1) is 16.0. The van der Waals surface area contributed by atoms with Crippen LogP contribution in [0.25, 0.3) is 5.65 Å². The lowest BCUT2D eigenvalue weighted by Crippen LogP contribution is -2.28. The zero-order valence-corrected chi connectivity index (χ0v) is 13.6. The van der Waals surface area contributed by atoms with Gasteiger partial charge in [0.05, 0.1) is 13.2 Å². The summed E-state index contributed by atoms with van der Waals surface area (Å²) in [5.41, 5.74) is 2.83. The number of aryl methyl sites for hydroxylation is 1. The number of ether oxygens (including phenoxy) is 1. The van der Waals surface area contributed by atoms with E-state index in [1.165, 1.54) is 0 Å². The minimum absolute atomic E-state index is 0.109. The zero-order valence-electron chi connectivity index (χ0n) is 13.6. The van der Waals surface area contributed by atoms with Crippen molar-refractivity contribution in [3.63, 3.8) is 0 Å². The van der Waals surface area contributed by atoms with E-state index in [2.05, 4.69) is 10.3 Å². The van der Waals surface area contributed by atoms with Gasteiger partial charge in [-0.3, -0.25) is 4.79 Å². The molecule has 24 heavy (non-hydrogen) atoms. The molecule has 3 aromatic rings. The molecule has 0 aliphatic carbocycles. The van der Waals surface area contributed by atoms with Crippen LogP contribution in [0, 0.1) is 6.92 Å². The van der Waals surface area contributed by atoms with Gasteiger partial charge in [-0.1, -0.05) is 12.1 Å². The molecule has 6 nitrogen and oxygen atoms in total. The Hall–Kier alpha value is -2.86. The molecule has 2 aromatic heterocycles. The zero-order chi connectivity index (χ0) is 17.1. The number of nitrogens with zero attached hydrogens (tertiary/aromatic N) is 2. The maximum Gasteiger partial charge on any atom is 0.271 e. The number of carbonyl (C=O) groups is 1. The lowest BCUT2D eigenvalue weighted by molar-refractivity contribution is 0.0912. The molecular weight excluding hydrogens is 306 g/mol. The Morgan fingerprint density at radius 3 is 2.79 bits per heavy atom. The monoisotopic (exact) mass is 325 g/mol. The molecule has 6 heteroatoms. The Balaban J connectivity index is 1.65. The van der Waals surface area contributed by atoms with Crippen molar-refractivity contribution in [3.05, 3.63) is 65.6 Å². The third-order valence-electron chi connectivity index (χ3n) is 3.80. The number of amides is 1. The van der Waals surface area contributed by atoms with Crippen LogP contribution in [-0.2, 0) is 0 Å². The van der Waals surface area contributed by atoms with Gasteiger partial charge in [-0.15, -0.1) is 0 Å². The Kier molecular flexibility index (Phi) is 4.48. The summed E-state index contributed by atoms with van der Waals surface area (Å²) in [6.45, 7) is 2.08. The molecule has 0 bridgehead atoms. The van der Waals surface area contributed by atoms with Crippen LogP contribution in [0.15, 0.2) is 48.8 Å². The minimum Gasteiger partial charge on any atom is -0.497 e. The van der Waals surface area contributed by atoms with Gasteiger partial charge in [0.25, 0.3) is 5.91 Å². The highest BCUT2D eigenvalue weighted by Crippen LogP contribution is 2.17. The molecule has 3 rings (SSSR count). The number of aromatic nitrogens is 2. The van der Waals surface area contributed by atoms with Crippen LogP contribution in [0.5, 0.6) is 5.75 Å². The van der Waals surface area contributed by atoms with Crippen LogP contribution < -0.4 is 10.1 Å². The molecule has 2 heterocycles. The smallest absolute Gasteiger partial charge is 0.271 e. The van der Waals surface area contributed by atoms with Crippen molar-refractivity contribution in [2.24, 2.45) is 0 Å². The summed E-state index contributed by atoms with van der Waals surface area (Å²) in [6.07, 6.45) is 2.74. The van der Waals surface area contributed by atoms with Crippen molar-refractivity contribution >= 4 is 11.6 Å². The maximum absolute atomic E-state index is 12.2. The second kappa shape index (κ2) is 6.72. The molecule has 1 amide bonds. The van der Waals surface area contributed by atoms with Gasteiger partial charge in [-0.25, -0.2) is 4.98 Å². The fourth-order valence-corrected chi connectivity index (χ4v) is 2.42. The highest BCUT2D eigenvalue weighted by molar-refractivity contribution is 5.92. The fourth-order valence-electron chi connectivity index (χ4n) is 2.42. The van der Waals surface area contributed by atoms with E-state index in [1.807, 2.05) is 25.3 Å². The molecule has 0 saturated carbocycles. The van der Waals surface area contributed by atoms with E-state index in [1.54, 1.807) is 42.0 Å². The van der Waals surface area contributed by atoms with E-state index < -0.39 is 6.10 Å². The summed E-state index contributed by atoms with van der Waals surface area (Å²) in [7, 11) is 1.59. The van der Waals surface area contributed by atoms with E-state index in [9.17, 15) is 9.90 Å². The van der Waals surface area contributed by atoms with Gasteiger partial charge in [0.15, 0.2) is 0 Å². The van der Waals surface area contributed by atoms with Crippen molar-refractivity contribution in [1.82, 2.24) is 14.7 Å². The Labute approximate surface area is 139 Å². The second-order valence-corrected chi connectivity index (χ2v) is 5.59. The number of aliphatic hydroxyl groups is 1. The van der Waals surface area contributed by atoms with Crippen molar-refractivity contribution in [3.8, 4) is 5.75 Å². The van der Waals surface area contributed by atoms with Crippen molar-refractivity contribution in [2.45, 2.75) is 13.0 Å². The molecule has 0 unspecified atom stereocenters. The molecule has 0 aliphatic heterocycles. The summed E-state index contributed by atoms with van der Waals surface area (Å²) in [4.78, 5) is 16.5. The Morgan fingerprint density at radius 2 is 2.08 bits per heavy atom. The molecule has 0 spiro atoms. The number of hydrogen-bond acceptors (Lipinski definition) is 4. The highest BCUT2D eigenvalue weighted by atomic mass is 16.5. The number of methoxy groups -OCH3 is 1. The van der Waals surface area contributed by atoms with E-state index in [0.29, 0.717) is 11.3 Å². The number of carbonyl (C=O) groups excluding carboxylic acids is 1. The Bertz CT molecular complexity index is 856. The van der Waals surface area contributed by atoms with E-state index in [4.69, 9.17) is 4.74 Å². The predicted molar refractivity (Wildman–Crippen MR) is 90.2 cm³/mol. The lowest BCUT2D eigenvalue weighted by atomic mass is 10.1. The van der Waals surface area contributed by atoms with Crippen LogP contribution >= 0.6 is 0 Å². The topological polar surface area (TPSA) is 75.9 Å². The predicted octanol–water partition coefficient (Wildman–Crippen LogP) is 2.11. The van der Waals surface area contributed by atoms with E-state index in [0.717, 1.165) is 17.0 Å². The number of hydrogen-bond donors (Lipinski definition) is 2. The van der Waals surface area contributed by atoms with Crippen LogP contribution in [-0.4, -0.2) is 34.1 Å². The largest absolute Gasteiger partial charge is 0.497 e. The molecule has 1 aromatic carbocycles. The molecule has 124 valence electrons. The molecule has 0 aliphatic rings. The summed E-state index contributed by atoms with van der Waals surface area (Å²) >= 11 is 0. The van der Waals surface area contributed by atoms with Crippen molar-refractivity contribution in [2.75, 3.05) is 13.7 Å². The summed E-state index contributed by atoms with van der Waals surface area (Å²) in [6, 6.07) is 10.9. The molecule has 0 fully saturated rings. The average molecular weight is 325 g/mol. The SMILES string of the molecule is COc1ccc([C@H](O)CNC(=O)c2cn3ccc(C)cc3n2)cc1. The van der Waals surface area contributed by atoms with Crippen LogP contribution in [0.1, 0.15) is 27.7 Å². The summed E-state index contributed by atoms with van der Waals surface area (Å²) in [5, 5.41) is 12.9. The second-order valence-electron chi connectivity index (χ2n) is 5.59.